The van der Waals surface area contributed by atoms with Gasteiger partial charge in [0.05, 0.1) is 17.4 Å². The fourth-order valence-electron chi connectivity index (χ4n) is 2.10. The molecule has 1 heterocycles. The summed E-state index contributed by atoms with van der Waals surface area (Å²) < 4.78 is 1.01. The Balaban J connectivity index is 2.09. The summed E-state index contributed by atoms with van der Waals surface area (Å²) in [5, 5.41) is 9.77. The van der Waals surface area contributed by atoms with Crippen molar-refractivity contribution in [1.29, 1.82) is 0 Å². The monoisotopic (exact) mass is 350 g/mol. The van der Waals surface area contributed by atoms with E-state index in [-0.39, 0.29) is 17.6 Å². The van der Waals surface area contributed by atoms with Crippen molar-refractivity contribution >= 4 is 27.5 Å². The maximum atomic E-state index is 12.3. The molecule has 0 aliphatic rings. The predicted molar refractivity (Wildman–Crippen MR) is 87.0 cm³/mol. The number of nitrogens with two attached hydrogens (primary N) is 1. The van der Waals surface area contributed by atoms with E-state index in [2.05, 4.69) is 38.4 Å². The largest absolute Gasteiger partial charge is 0.395 e. The molecule has 0 aliphatic heterocycles. The van der Waals surface area contributed by atoms with Crippen LogP contribution in [0.25, 0.3) is 0 Å². The Morgan fingerprint density at radius 1 is 1.43 bits per heavy atom. The molecule has 0 saturated carbocycles. The molecular weight excluding hydrogens is 332 g/mol. The van der Waals surface area contributed by atoms with Crippen molar-refractivity contribution in [2.24, 2.45) is 0 Å². The Bertz CT molecular complexity index is 621. The lowest BCUT2D eigenvalue weighted by Gasteiger charge is -2.13. The highest BCUT2D eigenvalue weighted by Crippen LogP contribution is 2.19. The number of aryl methyl sites for hydroxylation is 1. The summed E-state index contributed by atoms with van der Waals surface area (Å²) in [5.41, 5.74) is 8.51. The number of aromatic nitrogens is 2. The third kappa shape index (κ3) is 3.64. The van der Waals surface area contributed by atoms with Crippen molar-refractivity contribution in [2.75, 3.05) is 5.73 Å². The molecule has 0 aliphatic carbocycles. The van der Waals surface area contributed by atoms with Crippen LogP contribution in [-0.4, -0.2) is 16.1 Å². The van der Waals surface area contributed by atoms with E-state index < -0.39 is 0 Å². The van der Waals surface area contributed by atoms with Crippen LogP contribution < -0.4 is 11.1 Å². The van der Waals surface area contributed by atoms with Crippen LogP contribution in [0.3, 0.4) is 0 Å². The fraction of sp³-hybridized carbons (Fsp3) is 0.333. The lowest BCUT2D eigenvalue weighted by molar-refractivity contribution is 0.0935. The van der Waals surface area contributed by atoms with Crippen LogP contribution in [0.5, 0.6) is 0 Å². The molecule has 6 heteroatoms. The second-order valence-corrected chi connectivity index (χ2v) is 5.88. The summed E-state index contributed by atoms with van der Waals surface area (Å²) in [6.45, 7) is 3.98. The van der Waals surface area contributed by atoms with Crippen molar-refractivity contribution in [3.8, 4) is 0 Å². The van der Waals surface area contributed by atoms with Crippen LogP contribution in [0.15, 0.2) is 28.7 Å². The number of rotatable bonds is 5. The number of halogens is 1. The minimum Gasteiger partial charge on any atom is -0.395 e. The zero-order chi connectivity index (χ0) is 15.4. The van der Waals surface area contributed by atoms with Gasteiger partial charge in [0.15, 0.2) is 5.69 Å². The number of nitrogens with one attached hydrogen (secondary N) is 2. The zero-order valence-electron chi connectivity index (χ0n) is 12.1. The first kappa shape index (κ1) is 15.6. The van der Waals surface area contributed by atoms with Gasteiger partial charge >= 0.3 is 0 Å². The van der Waals surface area contributed by atoms with Gasteiger partial charge < -0.3 is 11.1 Å². The molecule has 0 radical (unpaired) electrons. The van der Waals surface area contributed by atoms with Crippen LogP contribution in [0.1, 0.15) is 48.1 Å². The van der Waals surface area contributed by atoms with Gasteiger partial charge in [-0.1, -0.05) is 41.4 Å². The van der Waals surface area contributed by atoms with Crippen molar-refractivity contribution in [3.05, 3.63) is 45.7 Å². The van der Waals surface area contributed by atoms with Crippen LogP contribution in [-0.2, 0) is 6.42 Å². The average molecular weight is 351 g/mol. The molecule has 0 spiro atoms. The van der Waals surface area contributed by atoms with Crippen LogP contribution in [0.4, 0.5) is 5.69 Å². The first-order chi connectivity index (χ1) is 10.0. The summed E-state index contributed by atoms with van der Waals surface area (Å²) in [6, 6.07) is 7.70. The topological polar surface area (TPSA) is 83.8 Å². The number of carbonyl (C=O) groups excluding carboxylic acids is 1. The zero-order valence-corrected chi connectivity index (χ0v) is 13.7. The number of benzene rings is 1. The normalized spacial score (nSPS) is 12.1. The van der Waals surface area contributed by atoms with E-state index >= 15 is 0 Å². The van der Waals surface area contributed by atoms with Gasteiger partial charge in [-0.05, 0) is 31.0 Å². The average Bonchev–Trinajstić information content (AvgIpc) is 2.81. The summed E-state index contributed by atoms with van der Waals surface area (Å²) in [4.78, 5) is 12.3. The number of anilines is 1. The molecule has 0 saturated heterocycles. The molecule has 21 heavy (non-hydrogen) atoms. The number of H-pyrrole nitrogens is 1. The van der Waals surface area contributed by atoms with Gasteiger partial charge in [-0.15, -0.1) is 0 Å². The van der Waals surface area contributed by atoms with Gasteiger partial charge in [0.1, 0.15) is 0 Å². The summed E-state index contributed by atoms with van der Waals surface area (Å²) in [5.74, 6) is -0.262. The number of amides is 1. The molecule has 5 nitrogen and oxygen atoms in total. The van der Waals surface area contributed by atoms with E-state index in [0.717, 1.165) is 28.6 Å². The number of hydrogen-bond acceptors (Lipinski definition) is 3. The van der Waals surface area contributed by atoms with Crippen LogP contribution in [0, 0.1) is 0 Å². The standard InChI is InChI=1S/C15H19BrN4O/c1-3-4-12-13(17)14(20-19-12)15(21)18-9(2)10-5-7-11(16)8-6-10/h5-9H,3-4,17H2,1-2H3,(H,18,21)(H,19,20). The molecule has 2 rings (SSSR count). The third-order valence-electron chi connectivity index (χ3n) is 3.32. The maximum Gasteiger partial charge on any atom is 0.274 e. The number of nitrogen functional groups attached to an aromatic ring is 1. The van der Waals surface area contributed by atoms with Gasteiger partial charge in [0.2, 0.25) is 0 Å². The highest BCUT2D eigenvalue weighted by atomic mass is 79.9. The molecule has 112 valence electrons. The Kier molecular flexibility index (Phi) is 5.01. The maximum absolute atomic E-state index is 12.3. The van der Waals surface area contributed by atoms with Crippen LogP contribution in [0.2, 0.25) is 0 Å². The van der Waals surface area contributed by atoms with Gasteiger partial charge in [-0.2, -0.15) is 5.10 Å². The molecule has 0 fully saturated rings. The lowest BCUT2D eigenvalue weighted by atomic mass is 10.1. The van der Waals surface area contributed by atoms with Gasteiger partial charge in [-0.3, -0.25) is 9.89 Å². The van der Waals surface area contributed by atoms with E-state index in [0.29, 0.717) is 5.69 Å². The molecular formula is C15H19BrN4O. The van der Waals surface area contributed by atoms with Crippen molar-refractivity contribution in [1.82, 2.24) is 15.5 Å². The molecule has 1 amide bonds. The molecule has 1 atom stereocenters. The predicted octanol–water partition coefficient (Wildman–Crippen LogP) is 3.20. The number of aromatic amines is 1. The van der Waals surface area contributed by atoms with E-state index in [1.165, 1.54) is 0 Å². The van der Waals surface area contributed by atoms with E-state index in [1.807, 2.05) is 31.2 Å². The quantitative estimate of drug-likeness (QED) is 0.774. The molecule has 2 aromatic rings. The van der Waals surface area contributed by atoms with Crippen molar-refractivity contribution in [2.45, 2.75) is 32.7 Å². The first-order valence-electron chi connectivity index (χ1n) is 6.92. The van der Waals surface area contributed by atoms with Gasteiger partial charge in [-0.25, -0.2) is 0 Å². The number of hydrogen-bond donors (Lipinski definition) is 3. The molecule has 0 bridgehead atoms. The van der Waals surface area contributed by atoms with Gasteiger partial charge in [0.25, 0.3) is 5.91 Å². The minimum atomic E-state index is -0.262. The molecule has 4 N–H and O–H groups in total. The van der Waals surface area contributed by atoms with Crippen molar-refractivity contribution < 1.29 is 4.79 Å². The Morgan fingerprint density at radius 2 is 2.10 bits per heavy atom. The Morgan fingerprint density at radius 3 is 2.71 bits per heavy atom. The van der Waals surface area contributed by atoms with Crippen molar-refractivity contribution in [3.63, 3.8) is 0 Å². The Hall–Kier alpha value is -1.82. The molecule has 1 aromatic carbocycles. The first-order valence-corrected chi connectivity index (χ1v) is 7.71. The summed E-state index contributed by atoms with van der Waals surface area (Å²) >= 11 is 3.39. The molecule has 1 aromatic heterocycles. The van der Waals surface area contributed by atoms with E-state index in [4.69, 9.17) is 5.73 Å². The summed E-state index contributed by atoms with van der Waals surface area (Å²) in [6.07, 6.45) is 1.73. The van der Waals surface area contributed by atoms with E-state index in [1.54, 1.807) is 0 Å². The highest BCUT2D eigenvalue weighted by molar-refractivity contribution is 9.10. The smallest absolute Gasteiger partial charge is 0.274 e. The molecule has 1 unspecified atom stereocenters. The van der Waals surface area contributed by atoms with Crippen LogP contribution >= 0.6 is 15.9 Å². The van der Waals surface area contributed by atoms with Gasteiger partial charge in [0, 0.05) is 4.47 Å². The lowest BCUT2D eigenvalue weighted by Crippen LogP contribution is -2.27. The number of nitrogens with zero attached hydrogens (tertiary/aromatic N) is 1. The fourth-order valence-corrected chi connectivity index (χ4v) is 2.36. The Labute approximate surface area is 132 Å². The SMILES string of the molecule is CCCc1[nH]nc(C(=O)NC(C)c2ccc(Br)cc2)c1N. The minimum absolute atomic E-state index is 0.115. The number of carbonyl (C=O) groups is 1. The summed E-state index contributed by atoms with van der Waals surface area (Å²) in [7, 11) is 0. The second-order valence-electron chi connectivity index (χ2n) is 4.96. The third-order valence-corrected chi connectivity index (χ3v) is 3.84. The second kappa shape index (κ2) is 6.76. The van der Waals surface area contributed by atoms with E-state index in [9.17, 15) is 4.79 Å². The highest BCUT2D eigenvalue weighted by Gasteiger charge is 2.18.